The largest absolute Gasteiger partial charge is 0.508 e. The summed E-state index contributed by atoms with van der Waals surface area (Å²) in [7, 11) is 1.91. The number of H-pyrrole nitrogens is 1. The van der Waals surface area contributed by atoms with Crippen LogP contribution in [-0.2, 0) is 11.8 Å². The average molecular weight is 542 g/mol. The van der Waals surface area contributed by atoms with E-state index in [1.54, 1.807) is 62.4 Å². The second-order valence-electron chi connectivity index (χ2n) is 9.83. The number of rotatable bonds is 9. The highest BCUT2D eigenvalue weighted by Gasteiger charge is 2.21. The molecule has 40 heavy (non-hydrogen) atoms. The number of ether oxygens (including phenoxy) is 2. The second kappa shape index (κ2) is 11.1. The predicted octanol–water partition coefficient (Wildman–Crippen LogP) is 4.68. The Balaban J connectivity index is 1.25. The molecule has 0 saturated carbocycles. The van der Waals surface area contributed by atoms with Crippen molar-refractivity contribution < 1.29 is 24.2 Å². The molecule has 0 radical (unpaired) electrons. The minimum absolute atomic E-state index is 0.151. The van der Waals surface area contributed by atoms with Crippen LogP contribution < -0.4 is 10.1 Å². The summed E-state index contributed by atoms with van der Waals surface area (Å²) >= 11 is 0. The molecule has 3 aromatic carbocycles. The van der Waals surface area contributed by atoms with E-state index in [4.69, 9.17) is 14.5 Å². The Morgan fingerprint density at radius 3 is 2.62 bits per heavy atom. The Kier molecular flexibility index (Phi) is 7.41. The zero-order valence-electron chi connectivity index (χ0n) is 22.8. The van der Waals surface area contributed by atoms with E-state index in [2.05, 4.69) is 15.3 Å². The summed E-state index contributed by atoms with van der Waals surface area (Å²) in [4.78, 5) is 37.9. The van der Waals surface area contributed by atoms with E-state index < -0.39 is 5.97 Å². The van der Waals surface area contributed by atoms with E-state index in [-0.39, 0.29) is 36.8 Å². The van der Waals surface area contributed by atoms with E-state index in [9.17, 15) is 14.7 Å². The van der Waals surface area contributed by atoms with Crippen LogP contribution in [0.5, 0.6) is 11.5 Å². The molecule has 10 heteroatoms. The maximum Gasteiger partial charge on any atom is 0.342 e. The fourth-order valence-electron chi connectivity index (χ4n) is 4.54. The molecule has 10 nitrogen and oxygen atoms in total. The van der Waals surface area contributed by atoms with Gasteiger partial charge in [0.1, 0.15) is 35.3 Å². The highest BCUT2D eigenvalue weighted by molar-refractivity contribution is 5.97. The number of carbonyl (C=O) groups excluding carboxylic acids is 2. The van der Waals surface area contributed by atoms with Crippen LogP contribution in [0.25, 0.3) is 22.1 Å². The van der Waals surface area contributed by atoms with E-state index in [1.165, 1.54) is 0 Å². The van der Waals surface area contributed by atoms with Crippen LogP contribution in [-0.4, -0.2) is 55.8 Å². The summed E-state index contributed by atoms with van der Waals surface area (Å²) in [6.45, 7) is 6.01. The van der Waals surface area contributed by atoms with E-state index in [0.717, 1.165) is 28.2 Å². The third-order valence-corrected chi connectivity index (χ3v) is 6.55. The van der Waals surface area contributed by atoms with Crippen LogP contribution in [0.3, 0.4) is 0 Å². The predicted molar refractivity (Wildman–Crippen MR) is 151 cm³/mol. The molecule has 0 aliphatic rings. The number of carbonyl (C=O) groups is 2. The second-order valence-corrected chi connectivity index (χ2v) is 9.83. The van der Waals surface area contributed by atoms with Gasteiger partial charge in [0.2, 0.25) is 0 Å². The normalized spacial score (nSPS) is 12.1. The van der Waals surface area contributed by atoms with Gasteiger partial charge < -0.3 is 29.4 Å². The number of nitrogens with one attached hydrogen (secondary N) is 2. The first-order chi connectivity index (χ1) is 19.2. The van der Waals surface area contributed by atoms with Gasteiger partial charge in [-0.15, -0.1) is 0 Å². The number of phenolic OH excluding ortho intramolecular Hbond substituents is 1. The summed E-state index contributed by atoms with van der Waals surface area (Å²) in [5, 5.41) is 12.6. The number of imidazole rings is 2. The summed E-state index contributed by atoms with van der Waals surface area (Å²) in [6.07, 6.45) is -0.239. The summed E-state index contributed by atoms with van der Waals surface area (Å²) in [6, 6.07) is 17.3. The molecule has 0 aliphatic carbocycles. The number of aromatic nitrogens is 4. The Morgan fingerprint density at radius 1 is 1.02 bits per heavy atom. The van der Waals surface area contributed by atoms with Gasteiger partial charge in [0.05, 0.1) is 40.6 Å². The molecule has 0 saturated heterocycles. The van der Waals surface area contributed by atoms with Crippen molar-refractivity contribution in [2.24, 2.45) is 7.05 Å². The molecule has 3 N–H and O–H groups in total. The zero-order valence-corrected chi connectivity index (χ0v) is 22.8. The molecular formula is C30H31N5O5. The summed E-state index contributed by atoms with van der Waals surface area (Å²) in [5.41, 5.74) is 3.94. The van der Waals surface area contributed by atoms with Gasteiger partial charge in [0, 0.05) is 18.7 Å². The van der Waals surface area contributed by atoms with Gasteiger partial charge in [-0.25, -0.2) is 14.8 Å². The molecule has 206 valence electrons. The first-order valence-corrected chi connectivity index (χ1v) is 13.1. The number of fused-ring (bicyclic) bond motifs is 2. The van der Waals surface area contributed by atoms with Gasteiger partial charge >= 0.3 is 5.97 Å². The lowest BCUT2D eigenvalue weighted by Gasteiger charge is -2.13. The molecule has 2 heterocycles. The number of nitrogens with zero attached hydrogens (tertiary/aromatic N) is 3. The fourth-order valence-corrected chi connectivity index (χ4v) is 4.54. The maximum atomic E-state index is 12.9. The minimum atomic E-state index is -0.451. The van der Waals surface area contributed by atoms with Crippen LogP contribution >= 0.6 is 0 Å². The van der Waals surface area contributed by atoms with Gasteiger partial charge in [-0.3, -0.25) is 4.79 Å². The molecule has 5 aromatic rings. The van der Waals surface area contributed by atoms with E-state index in [0.29, 0.717) is 22.4 Å². The zero-order chi connectivity index (χ0) is 28.4. The third-order valence-electron chi connectivity index (χ3n) is 6.55. The fraction of sp³-hybridized carbons (Fsp3) is 0.267. The first kappa shape index (κ1) is 26.7. The number of amides is 1. The minimum Gasteiger partial charge on any atom is -0.508 e. The third kappa shape index (κ3) is 5.47. The lowest BCUT2D eigenvalue weighted by molar-refractivity contribution is 0.0373. The number of aryl methyl sites for hydroxylation is 1. The van der Waals surface area contributed by atoms with Gasteiger partial charge in [0.25, 0.3) is 5.91 Å². The number of hydrogen-bond acceptors (Lipinski definition) is 7. The van der Waals surface area contributed by atoms with Crippen molar-refractivity contribution in [3.05, 3.63) is 83.4 Å². The Hall–Kier alpha value is -4.86. The van der Waals surface area contributed by atoms with Gasteiger partial charge in [-0.1, -0.05) is 12.1 Å². The quantitative estimate of drug-likeness (QED) is 0.182. The first-order valence-electron chi connectivity index (χ1n) is 13.1. The van der Waals surface area contributed by atoms with Crippen molar-refractivity contribution in [2.75, 3.05) is 13.2 Å². The standard InChI is InChI=1S/C30H31N5O5/c1-17(2)40-30(38)21-7-5-6-8-26(21)39-14-13-31-29(37)19-9-11-23-25(15-19)35(4)28(34-23)18(3)27-32-22-12-10-20(36)16-24(22)33-27/h5-12,15-18,36H,13-14H2,1-4H3,(H,31,37)(H,32,33). The van der Waals surface area contributed by atoms with Crippen LogP contribution in [0, 0.1) is 0 Å². The monoisotopic (exact) mass is 541 g/mol. The lowest BCUT2D eigenvalue weighted by atomic mass is 10.1. The summed E-state index contributed by atoms with van der Waals surface area (Å²) in [5.74, 6) is 1.24. The van der Waals surface area contributed by atoms with Crippen LogP contribution in [0.2, 0.25) is 0 Å². The molecule has 0 spiro atoms. The van der Waals surface area contributed by atoms with Gasteiger partial charge in [0.15, 0.2) is 0 Å². The number of esters is 1. The average Bonchev–Trinajstić information content (AvgIpc) is 3.50. The lowest BCUT2D eigenvalue weighted by Crippen LogP contribution is -2.28. The van der Waals surface area contributed by atoms with Crippen molar-refractivity contribution in [2.45, 2.75) is 32.8 Å². The van der Waals surface area contributed by atoms with Crippen molar-refractivity contribution in [3.63, 3.8) is 0 Å². The molecule has 0 bridgehead atoms. The molecule has 1 atom stereocenters. The number of phenols is 1. The SMILES string of the molecule is CC(C)OC(=O)c1ccccc1OCCNC(=O)c1ccc2nc(C(C)c3nc4cc(O)ccc4[nH]3)n(C)c2c1. The number of para-hydroxylation sites is 1. The Labute approximate surface area is 231 Å². The molecule has 0 aliphatic heterocycles. The topological polar surface area (TPSA) is 131 Å². The van der Waals surface area contributed by atoms with Crippen molar-refractivity contribution in [3.8, 4) is 11.5 Å². The van der Waals surface area contributed by atoms with Crippen molar-refractivity contribution in [1.29, 1.82) is 0 Å². The maximum absolute atomic E-state index is 12.9. The Morgan fingerprint density at radius 2 is 1.82 bits per heavy atom. The molecule has 1 unspecified atom stereocenters. The van der Waals surface area contributed by atoms with E-state index >= 15 is 0 Å². The molecule has 2 aromatic heterocycles. The molecule has 1 amide bonds. The number of benzene rings is 3. The highest BCUT2D eigenvalue weighted by Crippen LogP contribution is 2.28. The highest BCUT2D eigenvalue weighted by atomic mass is 16.5. The summed E-state index contributed by atoms with van der Waals surface area (Å²) < 4.78 is 13.0. The van der Waals surface area contributed by atoms with Crippen molar-refractivity contribution in [1.82, 2.24) is 24.8 Å². The van der Waals surface area contributed by atoms with E-state index in [1.807, 2.05) is 30.7 Å². The molecule has 0 fully saturated rings. The number of aromatic hydroxyl groups is 1. The molecular weight excluding hydrogens is 510 g/mol. The van der Waals surface area contributed by atoms with Crippen molar-refractivity contribution >= 4 is 33.9 Å². The molecule has 5 rings (SSSR count). The number of hydrogen-bond donors (Lipinski definition) is 3. The Bertz CT molecular complexity index is 1700. The van der Waals surface area contributed by atoms with Crippen LogP contribution in [0.1, 0.15) is 59.1 Å². The van der Waals surface area contributed by atoms with Gasteiger partial charge in [-0.05, 0) is 63.2 Å². The van der Waals surface area contributed by atoms with Crippen LogP contribution in [0.15, 0.2) is 60.7 Å². The van der Waals surface area contributed by atoms with Crippen LogP contribution in [0.4, 0.5) is 0 Å². The smallest absolute Gasteiger partial charge is 0.342 e. The van der Waals surface area contributed by atoms with Gasteiger partial charge in [-0.2, -0.15) is 0 Å². The number of aromatic amines is 1.